The molecule has 0 aliphatic carbocycles. The molecule has 114 valence electrons. The van der Waals surface area contributed by atoms with Gasteiger partial charge >= 0.3 is 0 Å². The molecule has 5 heteroatoms. The van der Waals surface area contributed by atoms with Gasteiger partial charge in [-0.15, -0.1) is 0 Å². The first-order chi connectivity index (χ1) is 10.5. The molecule has 3 N–H and O–H groups in total. The van der Waals surface area contributed by atoms with E-state index < -0.39 is 0 Å². The van der Waals surface area contributed by atoms with E-state index in [0.717, 1.165) is 11.1 Å². The monoisotopic (exact) mass is 297 g/mol. The third-order valence-corrected chi connectivity index (χ3v) is 3.04. The Kier molecular flexibility index (Phi) is 5.14. The predicted octanol–water partition coefficient (Wildman–Crippen LogP) is 2.50. The Bertz CT molecular complexity index is 679. The summed E-state index contributed by atoms with van der Waals surface area (Å²) in [5.74, 6) is 0.352. The van der Waals surface area contributed by atoms with Gasteiger partial charge in [-0.05, 0) is 49.2 Å². The van der Waals surface area contributed by atoms with Gasteiger partial charge in [0.1, 0.15) is 5.75 Å². The second kappa shape index (κ2) is 7.26. The Morgan fingerprint density at radius 3 is 2.64 bits per heavy atom. The van der Waals surface area contributed by atoms with Crippen molar-refractivity contribution >= 4 is 17.3 Å². The van der Waals surface area contributed by atoms with Gasteiger partial charge in [0, 0.05) is 5.69 Å². The van der Waals surface area contributed by atoms with Crippen molar-refractivity contribution in [1.29, 1.82) is 0 Å². The van der Waals surface area contributed by atoms with Gasteiger partial charge in [0.15, 0.2) is 6.61 Å². The molecule has 0 aromatic heterocycles. The van der Waals surface area contributed by atoms with Crippen molar-refractivity contribution in [3.05, 3.63) is 59.7 Å². The van der Waals surface area contributed by atoms with Crippen LogP contribution in [0.15, 0.2) is 53.6 Å². The molecule has 0 heterocycles. The molecule has 2 rings (SSSR count). The molecule has 2 aromatic rings. The van der Waals surface area contributed by atoms with Crippen molar-refractivity contribution in [2.45, 2.75) is 13.8 Å². The molecule has 0 unspecified atom stereocenters. The first-order valence-electron chi connectivity index (χ1n) is 6.93. The minimum atomic E-state index is -0.309. The largest absolute Gasteiger partial charge is 0.484 e. The lowest BCUT2D eigenvalue weighted by molar-refractivity contribution is -0.123. The number of amides is 1. The second-order valence-electron chi connectivity index (χ2n) is 4.96. The van der Waals surface area contributed by atoms with E-state index in [4.69, 9.17) is 10.5 Å². The van der Waals surface area contributed by atoms with Gasteiger partial charge in [-0.3, -0.25) is 4.79 Å². The van der Waals surface area contributed by atoms with E-state index in [1.165, 1.54) is 0 Å². The van der Waals surface area contributed by atoms with Crippen LogP contribution in [0.25, 0.3) is 0 Å². The lowest BCUT2D eigenvalue weighted by Gasteiger charge is -2.06. The number of hydrogen-bond donors (Lipinski definition) is 2. The molecule has 0 fully saturated rings. The summed E-state index contributed by atoms with van der Waals surface area (Å²) in [5, 5.41) is 4.05. The van der Waals surface area contributed by atoms with Gasteiger partial charge in [0.25, 0.3) is 5.91 Å². The minimum absolute atomic E-state index is 0.0814. The number of carbonyl (C=O) groups is 1. The standard InChI is InChI=1S/C17H19N3O2/c1-12-4-3-5-16(10-12)22-11-17(21)20-19-13(2)14-6-8-15(18)9-7-14/h3-10H,11,18H2,1-2H3,(H,20,21)/b19-13+. The maximum absolute atomic E-state index is 11.7. The van der Waals surface area contributed by atoms with Crippen LogP contribution in [0.3, 0.4) is 0 Å². The quantitative estimate of drug-likeness (QED) is 0.506. The Labute approximate surface area is 129 Å². The average Bonchev–Trinajstić information content (AvgIpc) is 2.51. The predicted molar refractivity (Wildman–Crippen MR) is 87.9 cm³/mol. The molecule has 0 radical (unpaired) electrons. The Morgan fingerprint density at radius 1 is 1.23 bits per heavy atom. The number of rotatable bonds is 5. The average molecular weight is 297 g/mol. The number of benzene rings is 2. The van der Waals surface area contributed by atoms with E-state index in [9.17, 15) is 4.79 Å². The highest BCUT2D eigenvalue weighted by Crippen LogP contribution is 2.12. The van der Waals surface area contributed by atoms with Gasteiger partial charge in [0.05, 0.1) is 5.71 Å². The van der Waals surface area contributed by atoms with E-state index in [1.54, 1.807) is 12.1 Å². The number of hydrogen-bond acceptors (Lipinski definition) is 4. The van der Waals surface area contributed by atoms with Crippen LogP contribution in [0.5, 0.6) is 5.75 Å². The Balaban J connectivity index is 1.86. The SMILES string of the molecule is C/C(=N\NC(=O)COc1cccc(C)c1)c1ccc(N)cc1. The number of carbonyl (C=O) groups excluding carboxylic acids is 1. The van der Waals surface area contributed by atoms with Gasteiger partial charge in [-0.25, -0.2) is 5.43 Å². The number of hydrazone groups is 1. The molecule has 0 spiro atoms. The number of ether oxygens (including phenoxy) is 1. The van der Waals surface area contributed by atoms with Crippen LogP contribution in [0.4, 0.5) is 5.69 Å². The second-order valence-corrected chi connectivity index (χ2v) is 4.96. The maximum Gasteiger partial charge on any atom is 0.277 e. The van der Waals surface area contributed by atoms with Crippen molar-refractivity contribution in [2.75, 3.05) is 12.3 Å². The molecule has 22 heavy (non-hydrogen) atoms. The molecule has 0 aliphatic heterocycles. The zero-order valence-electron chi connectivity index (χ0n) is 12.7. The highest BCUT2D eigenvalue weighted by Gasteiger charge is 2.03. The van der Waals surface area contributed by atoms with E-state index in [1.807, 2.05) is 50.2 Å². The molecule has 2 aromatic carbocycles. The topological polar surface area (TPSA) is 76.7 Å². The van der Waals surface area contributed by atoms with Crippen LogP contribution in [-0.2, 0) is 4.79 Å². The van der Waals surface area contributed by atoms with Gasteiger partial charge in [-0.2, -0.15) is 5.10 Å². The first-order valence-corrected chi connectivity index (χ1v) is 6.93. The van der Waals surface area contributed by atoms with Crippen molar-refractivity contribution < 1.29 is 9.53 Å². The molecule has 0 saturated carbocycles. The first kappa shape index (κ1) is 15.6. The zero-order chi connectivity index (χ0) is 15.9. The molecule has 0 atom stereocenters. The minimum Gasteiger partial charge on any atom is -0.484 e. The van der Waals surface area contributed by atoms with Crippen molar-refractivity contribution in [3.63, 3.8) is 0 Å². The smallest absolute Gasteiger partial charge is 0.277 e. The van der Waals surface area contributed by atoms with Crippen LogP contribution in [0.2, 0.25) is 0 Å². The number of nitrogens with two attached hydrogens (primary N) is 1. The zero-order valence-corrected chi connectivity index (χ0v) is 12.7. The summed E-state index contributed by atoms with van der Waals surface area (Å²) in [6.07, 6.45) is 0. The molecule has 0 saturated heterocycles. The summed E-state index contributed by atoms with van der Waals surface area (Å²) < 4.78 is 5.40. The third-order valence-electron chi connectivity index (χ3n) is 3.04. The van der Waals surface area contributed by atoms with E-state index >= 15 is 0 Å². The molecular formula is C17H19N3O2. The fourth-order valence-electron chi connectivity index (χ4n) is 1.82. The fraction of sp³-hybridized carbons (Fsp3) is 0.176. The normalized spacial score (nSPS) is 11.1. The summed E-state index contributed by atoms with van der Waals surface area (Å²) in [6, 6.07) is 14.8. The lowest BCUT2D eigenvalue weighted by Crippen LogP contribution is -2.25. The summed E-state index contributed by atoms with van der Waals surface area (Å²) in [6.45, 7) is 3.70. The molecule has 0 bridgehead atoms. The van der Waals surface area contributed by atoms with Crippen LogP contribution in [0, 0.1) is 6.92 Å². The van der Waals surface area contributed by atoms with Crippen LogP contribution in [0.1, 0.15) is 18.1 Å². The number of nitrogens with zero attached hydrogens (tertiary/aromatic N) is 1. The highest BCUT2D eigenvalue weighted by molar-refractivity contribution is 5.99. The molecule has 1 amide bonds. The van der Waals surface area contributed by atoms with Crippen LogP contribution < -0.4 is 15.9 Å². The summed E-state index contributed by atoms with van der Waals surface area (Å²) in [5.41, 5.74) is 11.5. The third kappa shape index (κ3) is 4.63. The summed E-state index contributed by atoms with van der Waals surface area (Å²) in [4.78, 5) is 11.7. The van der Waals surface area contributed by atoms with Gasteiger partial charge in [0.2, 0.25) is 0 Å². The van der Waals surface area contributed by atoms with E-state index in [0.29, 0.717) is 17.1 Å². The number of nitrogens with one attached hydrogen (secondary N) is 1. The Morgan fingerprint density at radius 2 is 1.95 bits per heavy atom. The maximum atomic E-state index is 11.7. The van der Waals surface area contributed by atoms with Gasteiger partial charge < -0.3 is 10.5 Å². The Hall–Kier alpha value is -2.82. The lowest BCUT2D eigenvalue weighted by atomic mass is 10.1. The molecular weight excluding hydrogens is 278 g/mol. The molecule has 0 aliphatic rings. The van der Waals surface area contributed by atoms with Crippen LogP contribution in [-0.4, -0.2) is 18.2 Å². The van der Waals surface area contributed by atoms with E-state index in [2.05, 4.69) is 10.5 Å². The summed E-state index contributed by atoms with van der Waals surface area (Å²) >= 11 is 0. The number of nitrogen functional groups attached to an aromatic ring is 1. The number of aryl methyl sites for hydroxylation is 1. The molecule has 5 nitrogen and oxygen atoms in total. The highest BCUT2D eigenvalue weighted by atomic mass is 16.5. The van der Waals surface area contributed by atoms with Gasteiger partial charge in [-0.1, -0.05) is 24.3 Å². The van der Waals surface area contributed by atoms with Crippen molar-refractivity contribution in [1.82, 2.24) is 5.43 Å². The summed E-state index contributed by atoms with van der Waals surface area (Å²) in [7, 11) is 0. The number of anilines is 1. The van der Waals surface area contributed by atoms with Crippen molar-refractivity contribution in [3.8, 4) is 5.75 Å². The fourth-order valence-corrected chi connectivity index (χ4v) is 1.82. The van der Waals surface area contributed by atoms with Crippen LogP contribution >= 0.6 is 0 Å². The van der Waals surface area contributed by atoms with Crippen molar-refractivity contribution in [2.24, 2.45) is 5.10 Å². The van der Waals surface area contributed by atoms with E-state index in [-0.39, 0.29) is 12.5 Å².